The van der Waals surface area contributed by atoms with Crippen LogP contribution < -0.4 is 5.73 Å². The highest BCUT2D eigenvalue weighted by Gasteiger charge is 2.52. The molecule has 3 unspecified atom stereocenters. The van der Waals surface area contributed by atoms with Crippen molar-refractivity contribution < 1.29 is 40.2 Å². The Bertz CT molecular complexity index is 313. The Morgan fingerprint density at radius 2 is 2.06 bits per heavy atom. The van der Waals surface area contributed by atoms with Crippen LogP contribution in [-0.4, -0.2) is 79.5 Å². The van der Waals surface area contributed by atoms with E-state index >= 15 is 0 Å². The molecule has 0 aromatic heterocycles. The van der Waals surface area contributed by atoms with Crippen molar-refractivity contribution in [2.75, 3.05) is 6.61 Å². The maximum absolute atomic E-state index is 10.8. The van der Waals surface area contributed by atoms with E-state index in [0.717, 1.165) is 0 Å². The second-order valence-electron chi connectivity index (χ2n) is 4.26. The lowest BCUT2D eigenvalue weighted by Crippen LogP contribution is -2.65. The maximum atomic E-state index is 10.8. The molecule has 1 rings (SSSR count). The summed E-state index contributed by atoms with van der Waals surface area (Å²) in [5, 5.41) is 55.5. The molecule has 0 saturated carbocycles. The average molecular weight is 267 g/mol. The number of carboxylic acid groups (broad SMARTS) is 1. The van der Waals surface area contributed by atoms with E-state index < -0.39 is 55.2 Å². The Balaban J connectivity index is 2.92. The second kappa shape index (κ2) is 5.45. The number of carbonyl (C=O) groups is 1. The summed E-state index contributed by atoms with van der Waals surface area (Å²) in [5.41, 5.74) is 5.51. The zero-order valence-corrected chi connectivity index (χ0v) is 9.38. The fraction of sp³-hybridized carbons (Fsp3) is 0.889. The largest absolute Gasteiger partial charge is 0.477 e. The summed E-state index contributed by atoms with van der Waals surface area (Å²) in [7, 11) is 0. The van der Waals surface area contributed by atoms with Gasteiger partial charge < -0.3 is 41.1 Å². The SMILES string of the molecule is N[C@H]1C(C(O)C(O)CO)O[C@](O)(C(=O)O)C[C@H]1O. The molecular weight excluding hydrogens is 250 g/mol. The number of hydrogen-bond donors (Lipinski definition) is 7. The van der Waals surface area contributed by atoms with Crippen LogP contribution in [0.2, 0.25) is 0 Å². The summed E-state index contributed by atoms with van der Waals surface area (Å²) in [4.78, 5) is 10.8. The molecule has 0 aliphatic carbocycles. The van der Waals surface area contributed by atoms with E-state index in [-0.39, 0.29) is 0 Å². The quantitative estimate of drug-likeness (QED) is 0.267. The number of nitrogens with two attached hydrogens (primary N) is 1. The van der Waals surface area contributed by atoms with Gasteiger partial charge in [0.15, 0.2) is 0 Å². The lowest BCUT2D eigenvalue weighted by atomic mass is 9.89. The summed E-state index contributed by atoms with van der Waals surface area (Å²) in [6, 6.07) is -1.21. The smallest absolute Gasteiger partial charge is 0.364 e. The van der Waals surface area contributed by atoms with Gasteiger partial charge in [0.25, 0.3) is 5.79 Å². The summed E-state index contributed by atoms with van der Waals surface area (Å²) >= 11 is 0. The summed E-state index contributed by atoms with van der Waals surface area (Å²) in [6.07, 6.45) is -7.01. The monoisotopic (exact) mass is 267 g/mol. The van der Waals surface area contributed by atoms with Gasteiger partial charge in [-0.15, -0.1) is 0 Å². The number of aliphatic hydroxyl groups is 5. The molecule has 0 radical (unpaired) electrons. The summed E-state index contributed by atoms with van der Waals surface area (Å²) in [5.74, 6) is -4.44. The van der Waals surface area contributed by atoms with Crippen molar-refractivity contribution in [3.05, 3.63) is 0 Å². The zero-order valence-electron chi connectivity index (χ0n) is 9.38. The van der Waals surface area contributed by atoms with Crippen molar-refractivity contribution in [2.45, 2.75) is 42.7 Å². The predicted molar refractivity (Wildman–Crippen MR) is 55.2 cm³/mol. The van der Waals surface area contributed by atoms with E-state index in [1.54, 1.807) is 0 Å². The maximum Gasteiger partial charge on any atom is 0.364 e. The molecule has 6 atom stereocenters. The third kappa shape index (κ3) is 2.78. The highest BCUT2D eigenvalue weighted by Crippen LogP contribution is 2.29. The van der Waals surface area contributed by atoms with Crippen LogP contribution in [0.3, 0.4) is 0 Å². The molecule has 106 valence electrons. The molecule has 0 aromatic rings. The Kier molecular flexibility index (Phi) is 4.61. The van der Waals surface area contributed by atoms with Crippen molar-refractivity contribution in [1.82, 2.24) is 0 Å². The molecule has 9 nitrogen and oxygen atoms in total. The lowest BCUT2D eigenvalue weighted by molar-refractivity contribution is -0.292. The minimum atomic E-state index is -2.70. The number of hydrogen-bond acceptors (Lipinski definition) is 8. The lowest BCUT2D eigenvalue weighted by Gasteiger charge is -2.43. The van der Waals surface area contributed by atoms with Gasteiger partial charge in [0, 0.05) is 6.42 Å². The third-order valence-electron chi connectivity index (χ3n) is 2.89. The standard InChI is InChI=1S/C9H17NO8/c10-5-3(12)1-9(17,8(15)16)18-7(5)6(14)4(13)2-11/h3-7,11-14,17H,1-2,10H2,(H,15,16)/t3-,4?,5-,6?,7?,9+/m1/s1. The second-order valence-corrected chi connectivity index (χ2v) is 4.26. The van der Waals surface area contributed by atoms with Crippen LogP contribution in [0.5, 0.6) is 0 Å². The molecular formula is C9H17NO8. The van der Waals surface area contributed by atoms with E-state index in [1.165, 1.54) is 0 Å². The normalized spacial score (nSPS) is 40.2. The van der Waals surface area contributed by atoms with E-state index in [4.69, 9.17) is 20.7 Å². The zero-order chi connectivity index (χ0) is 14.1. The first-order valence-corrected chi connectivity index (χ1v) is 5.27. The Hall–Kier alpha value is -0.810. The summed E-state index contributed by atoms with van der Waals surface area (Å²) < 4.78 is 4.75. The van der Waals surface area contributed by atoms with Crippen LogP contribution >= 0.6 is 0 Å². The van der Waals surface area contributed by atoms with Gasteiger partial charge in [0.1, 0.15) is 18.3 Å². The van der Waals surface area contributed by atoms with E-state index in [2.05, 4.69) is 0 Å². The van der Waals surface area contributed by atoms with Gasteiger partial charge in [-0.25, -0.2) is 4.79 Å². The molecule has 0 aromatic carbocycles. The van der Waals surface area contributed by atoms with Crippen molar-refractivity contribution in [2.24, 2.45) is 5.73 Å². The first-order valence-electron chi connectivity index (χ1n) is 5.27. The molecule has 0 spiro atoms. The Morgan fingerprint density at radius 1 is 1.50 bits per heavy atom. The van der Waals surface area contributed by atoms with E-state index in [1.807, 2.05) is 0 Å². The van der Waals surface area contributed by atoms with Gasteiger partial charge in [-0.1, -0.05) is 0 Å². The van der Waals surface area contributed by atoms with Crippen LogP contribution in [0.15, 0.2) is 0 Å². The molecule has 1 aliphatic heterocycles. The van der Waals surface area contributed by atoms with Gasteiger partial charge in [-0.3, -0.25) is 0 Å². The molecule has 1 saturated heterocycles. The van der Waals surface area contributed by atoms with Gasteiger partial charge in [-0.05, 0) is 0 Å². The molecule has 0 bridgehead atoms. The molecule has 0 amide bonds. The van der Waals surface area contributed by atoms with Crippen molar-refractivity contribution in [1.29, 1.82) is 0 Å². The van der Waals surface area contributed by atoms with Crippen LogP contribution in [0, 0.1) is 0 Å². The van der Waals surface area contributed by atoms with Crippen LogP contribution in [0.4, 0.5) is 0 Å². The fourth-order valence-corrected chi connectivity index (χ4v) is 1.75. The van der Waals surface area contributed by atoms with E-state index in [9.17, 15) is 25.2 Å². The van der Waals surface area contributed by atoms with Crippen LogP contribution in [0.25, 0.3) is 0 Å². The van der Waals surface area contributed by atoms with Crippen LogP contribution in [-0.2, 0) is 9.53 Å². The third-order valence-corrected chi connectivity index (χ3v) is 2.89. The number of ether oxygens (including phenoxy) is 1. The van der Waals surface area contributed by atoms with Crippen molar-refractivity contribution in [3.8, 4) is 0 Å². The first kappa shape index (κ1) is 15.2. The van der Waals surface area contributed by atoms with E-state index in [0.29, 0.717) is 0 Å². The predicted octanol–water partition coefficient (Wildman–Crippen LogP) is -4.05. The highest BCUT2D eigenvalue weighted by atomic mass is 16.7. The van der Waals surface area contributed by atoms with Crippen LogP contribution in [0.1, 0.15) is 6.42 Å². The topological polar surface area (TPSA) is 174 Å². The summed E-state index contributed by atoms with van der Waals surface area (Å²) in [6.45, 7) is -0.810. The molecule has 9 heteroatoms. The van der Waals surface area contributed by atoms with Crippen molar-refractivity contribution >= 4 is 5.97 Å². The highest BCUT2D eigenvalue weighted by molar-refractivity contribution is 5.75. The first-order chi connectivity index (χ1) is 8.23. The molecule has 1 fully saturated rings. The number of carboxylic acids is 1. The average Bonchev–Trinajstić information content (AvgIpc) is 2.31. The van der Waals surface area contributed by atoms with Gasteiger partial charge >= 0.3 is 5.97 Å². The Labute approximate surface area is 102 Å². The number of aliphatic hydroxyl groups excluding tert-OH is 4. The van der Waals surface area contributed by atoms with Gasteiger partial charge in [-0.2, -0.15) is 0 Å². The molecule has 18 heavy (non-hydrogen) atoms. The van der Waals surface area contributed by atoms with Crippen molar-refractivity contribution in [3.63, 3.8) is 0 Å². The van der Waals surface area contributed by atoms with Gasteiger partial charge in [0.2, 0.25) is 0 Å². The molecule has 8 N–H and O–H groups in total. The molecule has 1 heterocycles. The van der Waals surface area contributed by atoms with Gasteiger partial charge in [0.05, 0.1) is 18.8 Å². The minimum absolute atomic E-state index is 0.665. The molecule has 1 aliphatic rings. The number of rotatable bonds is 4. The Morgan fingerprint density at radius 3 is 2.50 bits per heavy atom. The fourth-order valence-electron chi connectivity index (χ4n) is 1.75. The minimum Gasteiger partial charge on any atom is -0.477 e. The number of aliphatic carboxylic acids is 1.